The van der Waals surface area contributed by atoms with Crippen LogP contribution in [0.15, 0.2) is 36.7 Å². The van der Waals surface area contributed by atoms with Gasteiger partial charge in [0.05, 0.1) is 28.7 Å². The number of ether oxygens (including phenoxy) is 1. The number of hydrogen-bond donors (Lipinski definition) is 2. The molecule has 2 aliphatic heterocycles. The number of aliphatic hydroxyl groups is 1. The van der Waals surface area contributed by atoms with Crippen molar-refractivity contribution in [3.8, 4) is 16.9 Å². The standard InChI is InChI=1S/C26H19F6N5O3/c1-25(2,39)23-33-8-10(9-34-23)12-5-17-15(6-14(12)27)35-21-16-7-18(37(17)21)20-13(22(38)36-16)3-11(26(30,31)32)4-19(20)40-24(28)29/h3-6,8-9,16,18,24,39H,7H2,1-2H3,(H,36,38)/t16-,18-/m1/s1. The molecule has 0 spiro atoms. The first kappa shape index (κ1) is 26.0. The van der Waals surface area contributed by atoms with E-state index in [2.05, 4.69) is 25.0 Å². The third-order valence-electron chi connectivity index (χ3n) is 6.97. The highest BCUT2D eigenvalue weighted by atomic mass is 19.4. The first-order valence-electron chi connectivity index (χ1n) is 12.0. The van der Waals surface area contributed by atoms with Gasteiger partial charge in [-0.15, -0.1) is 0 Å². The van der Waals surface area contributed by atoms with Crippen LogP contribution >= 0.6 is 0 Å². The maximum atomic E-state index is 15.2. The van der Waals surface area contributed by atoms with E-state index < -0.39 is 59.1 Å². The zero-order valence-electron chi connectivity index (χ0n) is 20.7. The molecule has 0 unspecified atom stereocenters. The number of alkyl halides is 5. The highest BCUT2D eigenvalue weighted by Gasteiger charge is 2.44. The van der Waals surface area contributed by atoms with Crippen LogP contribution in [0.2, 0.25) is 0 Å². The molecule has 8 nitrogen and oxygen atoms in total. The zero-order chi connectivity index (χ0) is 28.7. The van der Waals surface area contributed by atoms with E-state index in [1.54, 1.807) is 4.57 Å². The van der Waals surface area contributed by atoms with Crippen LogP contribution in [0.5, 0.6) is 5.75 Å². The molecule has 0 aliphatic carbocycles. The molecule has 2 atom stereocenters. The molecule has 0 radical (unpaired) electrons. The Morgan fingerprint density at radius 1 is 1.10 bits per heavy atom. The normalized spacial score (nSPS) is 18.5. The molecule has 6 rings (SSSR count). The maximum absolute atomic E-state index is 15.2. The fraction of sp³-hybridized carbons (Fsp3) is 0.308. The van der Waals surface area contributed by atoms with E-state index in [1.165, 1.54) is 32.3 Å². The molecule has 1 amide bonds. The molecule has 0 fully saturated rings. The molecule has 4 aromatic rings. The van der Waals surface area contributed by atoms with E-state index in [0.29, 0.717) is 17.6 Å². The third kappa shape index (κ3) is 4.13. The van der Waals surface area contributed by atoms with Gasteiger partial charge in [0.2, 0.25) is 0 Å². The average molecular weight is 563 g/mol. The van der Waals surface area contributed by atoms with Crippen molar-refractivity contribution in [2.45, 2.75) is 50.7 Å². The van der Waals surface area contributed by atoms with Gasteiger partial charge in [0.1, 0.15) is 23.0 Å². The van der Waals surface area contributed by atoms with Gasteiger partial charge in [-0.05, 0) is 38.5 Å². The molecule has 14 heteroatoms. The summed E-state index contributed by atoms with van der Waals surface area (Å²) < 4.78 is 88.7. The zero-order valence-corrected chi connectivity index (χ0v) is 20.7. The molecular formula is C26H19F6N5O3. The van der Waals surface area contributed by atoms with Crippen molar-refractivity contribution in [2.75, 3.05) is 0 Å². The van der Waals surface area contributed by atoms with Crippen LogP contribution in [0.25, 0.3) is 22.2 Å². The smallest absolute Gasteiger partial charge is 0.416 e. The second-order valence-electron chi connectivity index (χ2n) is 10.1. The Balaban J connectivity index is 1.55. The van der Waals surface area contributed by atoms with Crippen LogP contribution in [-0.4, -0.2) is 37.1 Å². The number of benzene rings is 2. The minimum atomic E-state index is -4.93. The molecule has 2 N–H and O–H groups in total. The van der Waals surface area contributed by atoms with Gasteiger partial charge in [0.15, 0.2) is 5.82 Å². The summed E-state index contributed by atoms with van der Waals surface area (Å²) in [5, 5.41) is 12.7. The molecule has 2 bridgehead atoms. The van der Waals surface area contributed by atoms with Crippen molar-refractivity contribution in [2.24, 2.45) is 0 Å². The first-order chi connectivity index (χ1) is 18.7. The number of aromatic nitrogens is 4. The van der Waals surface area contributed by atoms with E-state index in [4.69, 9.17) is 0 Å². The summed E-state index contributed by atoms with van der Waals surface area (Å²) in [5.41, 5.74) is -2.39. The fourth-order valence-corrected chi connectivity index (χ4v) is 5.27. The maximum Gasteiger partial charge on any atom is 0.416 e. The molecular weight excluding hydrogens is 544 g/mol. The van der Waals surface area contributed by atoms with E-state index in [1.807, 2.05) is 0 Å². The summed E-state index contributed by atoms with van der Waals surface area (Å²) in [4.78, 5) is 25.6. The van der Waals surface area contributed by atoms with Gasteiger partial charge < -0.3 is 19.7 Å². The molecule has 0 saturated carbocycles. The molecule has 4 heterocycles. The van der Waals surface area contributed by atoms with Crippen LogP contribution in [0, 0.1) is 5.82 Å². The predicted molar refractivity (Wildman–Crippen MR) is 127 cm³/mol. The van der Waals surface area contributed by atoms with Crippen molar-refractivity contribution in [3.05, 3.63) is 70.8 Å². The first-order valence-corrected chi connectivity index (χ1v) is 12.0. The topological polar surface area (TPSA) is 102 Å². The number of carbonyl (C=O) groups excluding carboxylic acids is 1. The number of nitrogens with zero attached hydrogens (tertiary/aromatic N) is 4. The summed E-state index contributed by atoms with van der Waals surface area (Å²) in [5.74, 6) is -1.96. The molecule has 40 heavy (non-hydrogen) atoms. The average Bonchev–Trinajstić information content (AvgIpc) is 3.33. The molecule has 2 aliphatic rings. The summed E-state index contributed by atoms with van der Waals surface area (Å²) in [7, 11) is 0. The number of rotatable bonds is 4. The Kier molecular flexibility index (Phi) is 5.63. The molecule has 0 saturated heterocycles. The Morgan fingerprint density at radius 3 is 2.42 bits per heavy atom. The van der Waals surface area contributed by atoms with E-state index in [-0.39, 0.29) is 40.3 Å². The quantitative estimate of drug-likeness (QED) is 0.329. The second kappa shape index (κ2) is 8.65. The van der Waals surface area contributed by atoms with E-state index in [0.717, 1.165) is 6.07 Å². The minimum Gasteiger partial charge on any atom is -0.434 e. The Morgan fingerprint density at radius 2 is 1.80 bits per heavy atom. The summed E-state index contributed by atoms with van der Waals surface area (Å²) in [6.45, 7) is -0.474. The number of carbonyl (C=O) groups is 1. The fourth-order valence-electron chi connectivity index (χ4n) is 5.27. The van der Waals surface area contributed by atoms with Crippen molar-refractivity contribution in [1.29, 1.82) is 0 Å². The highest BCUT2D eigenvalue weighted by molar-refractivity contribution is 5.98. The number of nitrogens with one attached hydrogen (secondary N) is 1. The molecule has 2 aromatic carbocycles. The molecule has 2 aromatic heterocycles. The van der Waals surface area contributed by atoms with Crippen LogP contribution in [0.1, 0.15) is 65.5 Å². The van der Waals surface area contributed by atoms with Crippen molar-refractivity contribution < 1.29 is 41.0 Å². The van der Waals surface area contributed by atoms with E-state index >= 15 is 4.39 Å². The summed E-state index contributed by atoms with van der Waals surface area (Å²) in [6, 6.07) is 1.93. The Labute approximate surface area is 221 Å². The second-order valence-corrected chi connectivity index (χ2v) is 10.1. The number of fused-ring (bicyclic) bond motifs is 9. The SMILES string of the molecule is CC(C)(O)c1ncc(-c2cc3c(cc2F)nc2n3[C@@H]3C[C@H]2NC(=O)c2cc(C(F)(F)F)cc(OC(F)F)c23)cn1. The van der Waals surface area contributed by atoms with Gasteiger partial charge in [-0.3, -0.25) is 4.79 Å². The number of amides is 1. The predicted octanol–water partition coefficient (Wildman–Crippen LogP) is 5.26. The lowest BCUT2D eigenvalue weighted by atomic mass is 9.95. The Bertz CT molecular complexity index is 1680. The van der Waals surface area contributed by atoms with Crippen molar-refractivity contribution >= 4 is 16.9 Å². The van der Waals surface area contributed by atoms with Gasteiger partial charge in [-0.2, -0.15) is 22.0 Å². The molecule has 208 valence electrons. The minimum absolute atomic E-state index is 0.0671. The van der Waals surface area contributed by atoms with Gasteiger partial charge in [0, 0.05) is 40.7 Å². The van der Waals surface area contributed by atoms with Gasteiger partial charge >= 0.3 is 12.8 Å². The van der Waals surface area contributed by atoms with Crippen molar-refractivity contribution in [1.82, 2.24) is 24.8 Å². The van der Waals surface area contributed by atoms with Crippen LogP contribution in [0.3, 0.4) is 0 Å². The monoisotopic (exact) mass is 563 g/mol. The number of hydrogen-bond acceptors (Lipinski definition) is 6. The lowest BCUT2D eigenvalue weighted by Crippen LogP contribution is -2.28. The summed E-state index contributed by atoms with van der Waals surface area (Å²) in [6.07, 6.45) is -2.17. The van der Waals surface area contributed by atoms with Crippen LogP contribution < -0.4 is 10.1 Å². The lowest BCUT2D eigenvalue weighted by molar-refractivity contribution is -0.138. The van der Waals surface area contributed by atoms with Crippen LogP contribution in [0.4, 0.5) is 26.3 Å². The van der Waals surface area contributed by atoms with Gasteiger partial charge in [-0.1, -0.05) is 0 Å². The van der Waals surface area contributed by atoms with Gasteiger partial charge in [-0.25, -0.2) is 19.3 Å². The third-order valence-corrected chi connectivity index (χ3v) is 6.97. The number of imidazole rings is 1. The summed E-state index contributed by atoms with van der Waals surface area (Å²) >= 11 is 0. The Hall–Kier alpha value is -4.20. The highest BCUT2D eigenvalue weighted by Crippen LogP contribution is 2.49. The largest absolute Gasteiger partial charge is 0.434 e. The van der Waals surface area contributed by atoms with Crippen molar-refractivity contribution in [3.63, 3.8) is 0 Å². The van der Waals surface area contributed by atoms with E-state index in [9.17, 15) is 31.9 Å². The van der Waals surface area contributed by atoms with Crippen LogP contribution in [-0.2, 0) is 11.8 Å². The lowest BCUT2D eigenvalue weighted by Gasteiger charge is -2.23. The number of halogens is 6. The van der Waals surface area contributed by atoms with Gasteiger partial charge in [0.25, 0.3) is 5.91 Å².